The van der Waals surface area contributed by atoms with Crippen LogP contribution >= 0.6 is 11.6 Å². The molecule has 1 aliphatic carbocycles. The molecule has 1 fully saturated rings. The van der Waals surface area contributed by atoms with Gasteiger partial charge in [0.1, 0.15) is 0 Å². The summed E-state index contributed by atoms with van der Waals surface area (Å²) in [5, 5.41) is 0.814. The summed E-state index contributed by atoms with van der Waals surface area (Å²) < 4.78 is 0. The molecule has 1 aromatic rings. The summed E-state index contributed by atoms with van der Waals surface area (Å²) in [5.41, 5.74) is 7.36. The Bertz CT molecular complexity index is 294. The molecule has 76 valence electrons. The summed E-state index contributed by atoms with van der Waals surface area (Å²) in [5.74, 6) is 0.649. The first-order valence-electron chi connectivity index (χ1n) is 5.27. The van der Waals surface area contributed by atoms with Crippen LogP contribution in [0.25, 0.3) is 0 Å². The highest BCUT2D eigenvalue weighted by molar-refractivity contribution is 6.30. The molecule has 2 N–H and O–H groups in total. The van der Waals surface area contributed by atoms with Gasteiger partial charge < -0.3 is 5.73 Å². The summed E-state index contributed by atoms with van der Waals surface area (Å²) in [6, 6.07) is 8.59. The molecule has 1 nitrogen and oxygen atoms in total. The Labute approximate surface area is 90.3 Å². The topological polar surface area (TPSA) is 26.0 Å². The van der Waals surface area contributed by atoms with E-state index < -0.39 is 0 Å². The quantitative estimate of drug-likeness (QED) is 0.755. The molecule has 2 atom stereocenters. The largest absolute Gasteiger partial charge is 0.328 e. The predicted octanol–water partition coefficient (Wildman–Crippen LogP) is 3.32. The Morgan fingerprint density at radius 2 is 1.86 bits per heavy atom. The molecule has 2 heteroatoms. The number of rotatable bonds is 1. The number of hydrogen-bond acceptors (Lipinski definition) is 1. The molecule has 0 radical (unpaired) electrons. The third kappa shape index (κ3) is 2.28. The zero-order valence-corrected chi connectivity index (χ0v) is 9.00. The van der Waals surface area contributed by atoms with E-state index >= 15 is 0 Å². The highest BCUT2D eigenvalue weighted by Crippen LogP contribution is 2.32. The third-order valence-electron chi connectivity index (χ3n) is 3.06. The molecule has 1 aliphatic rings. The van der Waals surface area contributed by atoms with Crippen LogP contribution in [0.15, 0.2) is 24.3 Å². The van der Waals surface area contributed by atoms with Crippen molar-refractivity contribution < 1.29 is 0 Å². The van der Waals surface area contributed by atoms with Crippen LogP contribution in [-0.2, 0) is 0 Å². The minimum Gasteiger partial charge on any atom is -0.328 e. The molecule has 1 saturated carbocycles. The minimum absolute atomic E-state index is 0.393. The second kappa shape index (κ2) is 4.33. The summed E-state index contributed by atoms with van der Waals surface area (Å²) in [7, 11) is 0. The average molecular weight is 210 g/mol. The maximum absolute atomic E-state index is 5.97. The molecule has 0 saturated heterocycles. The summed E-state index contributed by atoms with van der Waals surface area (Å²) in [6.07, 6.45) is 4.84. The molecule has 14 heavy (non-hydrogen) atoms. The second-order valence-corrected chi connectivity index (χ2v) is 4.61. The van der Waals surface area contributed by atoms with Crippen molar-refractivity contribution in [2.45, 2.75) is 37.6 Å². The molecule has 0 amide bonds. The zero-order valence-electron chi connectivity index (χ0n) is 8.25. The Morgan fingerprint density at radius 1 is 1.14 bits per heavy atom. The highest BCUT2D eigenvalue weighted by Gasteiger charge is 2.20. The van der Waals surface area contributed by atoms with Crippen LogP contribution in [0, 0.1) is 0 Å². The first kappa shape index (κ1) is 10.0. The normalized spacial score (nSPS) is 27.6. The number of hydrogen-bond donors (Lipinski definition) is 1. The lowest BCUT2D eigenvalue weighted by Gasteiger charge is -2.26. The first-order valence-corrected chi connectivity index (χ1v) is 5.64. The second-order valence-electron chi connectivity index (χ2n) is 4.18. The van der Waals surface area contributed by atoms with Crippen molar-refractivity contribution in [2.24, 2.45) is 5.73 Å². The summed E-state index contributed by atoms with van der Waals surface area (Å²) in [4.78, 5) is 0. The molecule has 0 bridgehead atoms. The third-order valence-corrected chi connectivity index (χ3v) is 3.31. The van der Waals surface area contributed by atoms with E-state index in [1.807, 2.05) is 12.1 Å². The molecule has 0 aromatic heterocycles. The molecule has 1 aromatic carbocycles. The molecular weight excluding hydrogens is 194 g/mol. The van der Waals surface area contributed by atoms with Gasteiger partial charge in [-0.05, 0) is 42.9 Å². The number of benzene rings is 1. The van der Waals surface area contributed by atoms with Gasteiger partial charge in [-0.3, -0.25) is 0 Å². The first-order chi connectivity index (χ1) is 6.75. The van der Waals surface area contributed by atoms with Crippen molar-refractivity contribution in [2.75, 3.05) is 0 Å². The van der Waals surface area contributed by atoms with E-state index in [4.69, 9.17) is 17.3 Å². The van der Waals surface area contributed by atoms with Crippen LogP contribution < -0.4 is 5.73 Å². The van der Waals surface area contributed by atoms with Gasteiger partial charge in [0.15, 0.2) is 0 Å². The van der Waals surface area contributed by atoms with Crippen molar-refractivity contribution in [3.63, 3.8) is 0 Å². The molecule has 0 unspecified atom stereocenters. The van der Waals surface area contributed by atoms with E-state index in [1.165, 1.54) is 24.8 Å². The fourth-order valence-corrected chi connectivity index (χ4v) is 2.39. The minimum atomic E-state index is 0.393. The number of nitrogens with two attached hydrogens (primary N) is 1. The van der Waals surface area contributed by atoms with Crippen LogP contribution in [0.5, 0.6) is 0 Å². The lowest BCUT2D eigenvalue weighted by atomic mass is 9.82. The lowest BCUT2D eigenvalue weighted by Crippen LogP contribution is -2.26. The monoisotopic (exact) mass is 209 g/mol. The zero-order chi connectivity index (χ0) is 9.97. The van der Waals surface area contributed by atoms with Crippen LogP contribution in [0.3, 0.4) is 0 Å². The average Bonchev–Trinajstić information content (AvgIpc) is 2.19. The predicted molar refractivity (Wildman–Crippen MR) is 60.6 cm³/mol. The molecule has 0 spiro atoms. The molecular formula is C12H16ClN. The SMILES string of the molecule is N[C@H]1CCC[C@@H](c2ccc(Cl)cc2)C1. The van der Waals surface area contributed by atoms with Crippen molar-refractivity contribution in [1.29, 1.82) is 0 Å². The highest BCUT2D eigenvalue weighted by atomic mass is 35.5. The van der Waals surface area contributed by atoms with Gasteiger partial charge >= 0.3 is 0 Å². The van der Waals surface area contributed by atoms with Gasteiger partial charge in [-0.25, -0.2) is 0 Å². The maximum atomic E-state index is 5.97. The maximum Gasteiger partial charge on any atom is 0.0406 e. The van der Waals surface area contributed by atoms with Crippen LogP contribution in [0.2, 0.25) is 5.02 Å². The van der Waals surface area contributed by atoms with E-state index in [0.29, 0.717) is 12.0 Å². The number of halogens is 1. The van der Waals surface area contributed by atoms with Gasteiger partial charge in [0.05, 0.1) is 0 Å². The molecule has 0 aliphatic heterocycles. The molecule has 2 rings (SSSR count). The van der Waals surface area contributed by atoms with E-state index in [9.17, 15) is 0 Å². The Kier molecular flexibility index (Phi) is 3.09. The molecule has 0 heterocycles. The van der Waals surface area contributed by atoms with Crippen LogP contribution in [0.1, 0.15) is 37.2 Å². The Hall–Kier alpha value is -0.530. The lowest BCUT2D eigenvalue weighted by molar-refractivity contribution is 0.393. The fourth-order valence-electron chi connectivity index (χ4n) is 2.27. The van der Waals surface area contributed by atoms with Gasteiger partial charge in [0.25, 0.3) is 0 Å². The van der Waals surface area contributed by atoms with Gasteiger partial charge in [-0.2, -0.15) is 0 Å². The van der Waals surface area contributed by atoms with Crippen LogP contribution in [0.4, 0.5) is 0 Å². The van der Waals surface area contributed by atoms with Gasteiger partial charge in [-0.15, -0.1) is 0 Å². The van der Waals surface area contributed by atoms with Gasteiger partial charge in [0, 0.05) is 11.1 Å². The summed E-state index contributed by atoms with van der Waals surface area (Å²) in [6.45, 7) is 0. The van der Waals surface area contributed by atoms with Crippen molar-refractivity contribution in [3.05, 3.63) is 34.9 Å². The van der Waals surface area contributed by atoms with E-state index in [-0.39, 0.29) is 0 Å². The van der Waals surface area contributed by atoms with Crippen molar-refractivity contribution >= 4 is 11.6 Å². The summed E-state index contributed by atoms with van der Waals surface area (Å²) >= 11 is 5.85. The van der Waals surface area contributed by atoms with Gasteiger partial charge in [-0.1, -0.05) is 30.2 Å². The van der Waals surface area contributed by atoms with Gasteiger partial charge in [0.2, 0.25) is 0 Å². The fraction of sp³-hybridized carbons (Fsp3) is 0.500. The van der Waals surface area contributed by atoms with Crippen molar-refractivity contribution in [1.82, 2.24) is 0 Å². The van der Waals surface area contributed by atoms with E-state index in [2.05, 4.69) is 12.1 Å². The Morgan fingerprint density at radius 3 is 2.50 bits per heavy atom. The Balaban J connectivity index is 2.10. The van der Waals surface area contributed by atoms with E-state index in [0.717, 1.165) is 11.4 Å². The van der Waals surface area contributed by atoms with E-state index in [1.54, 1.807) is 0 Å². The standard InChI is InChI=1S/C12H16ClN/c13-11-6-4-9(5-7-11)10-2-1-3-12(14)8-10/h4-7,10,12H,1-3,8,14H2/t10-,12+/m1/s1. The van der Waals surface area contributed by atoms with Crippen LogP contribution in [-0.4, -0.2) is 6.04 Å². The van der Waals surface area contributed by atoms with Crippen molar-refractivity contribution in [3.8, 4) is 0 Å². The smallest absolute Gasteiger partial charge is 0.0406 e.